The molecule has 0 saturated heterocycles. The van der Waals surface area contributed by atoms with E-state index in [1.165, 1.54) is 17.7 Å². The third-order valence-corrected chi connectivity index (χ3v) is 5.14. The first-order chi connectivity index (χ1) is 14.3. The van der Waals surface area contributed by atoms with E-state index >= 15 is 0 Å². The molecule has 0 atom stereocenters. The van der Waals surface area contributed by atoms with Gasteiger partial charge in [-0.2, -0.15) is 0 Å². The number of nitrogens with zero attached hydrogens (tertiary/aromatic N) is 1. The number of fused-ring (bicyclic) bond motifs is 1. The van der Waals surface area contributed by atoms with Gasteiger partial charge in [0.1, 0.15) is 5.82 Å². The molecular formula is C27H18FN. The lowest BCUT2D eigenvalue weighted by atomic mass is 9.97. The van der Waals surface area contributed by atoms with Crippen molar-refractivity contribution in [3.05, 3.63) is 115 Å². The average Bonchev–Trinajstić information content (AvgIpc) is 2.79. The zero-order chi connectivity index (χ0) is 19.6. The maximum Gasteiger partial charge on any atom is 0.123 e. The lowest BCUT2D eigenvalue weighted by molar-refractivity contribution is 0.628. The molecule has 1 heterocycles. The highest BCUT2D eigenvalue weighted by Gasteiger charge is 2.10. The van der Waals surface area contributed by atoms with Gasteiger partial charge in [-0.25, -0.2) is 9.37 Å². The first-order valence-corrected chi connectivity index (χ1v) is 9.59. The number of rotatable bonds is 3. The Morgan fingerprint density at radius 3 is 2.03 bits per heavy atom. The molecule has 2 heteroatoms. The molecule has 0 aliphatic heterocycles. The van der Waals surface area contributed by atoms with Gasteiger partial charge < -0.3 is 0 Å². The summed E-state index contributed by atoms with van der Waals surface area (Å²) in [7, 11) is 0. The molecule has 1 nitrogen and oxygen atoms in total. The molecule has 0 N–H and O–H groups in total. The number of benzene rings is 4. The van der Waals surface area contributed by atoms with Gasteiger partial charge in [0.25, 0.3) is 0 Å². The lowest BCUT2D eigenvalue weighted by Gasteiger charge is -2.11. The van der Waals surface area contributed by atoms with Gasteiger partial charge in [-0.3, -0.25) is 0 Å². The van der Waals surface area contributed by atoms with Crippen molar-refractivity contribution in [3.63, 3.8) is 0 Å². The first kappa shape index (κ1) is 17.3. The lowest BCUT2D eigenvalue weighted by Crippen LogP contribution is -1.90. The highest BCUT2D eigenvalue weighted by Crippen LogP contribution is 2.33. The third kappa shape index (κ3) is 3.41. The minimum atomic E-state index is -0.233. The van der Waals surface area contributed by atoms with E-state index in [4.69, 9.17) is 4.98 Å². The zero-order valence-electron chi connectivity index (χ0n) is 15.7. The van der Waals surface area contributed by atoms with Gasteiger partial charge in [0, 0.05) is 10.9 Å². The van der Waals surface area contributed by atoms with Gasteiger partial charge in [-0.05, 0) is 52.6 Å². The summed E-state index contributed by atoms with van der Waals surface area (Å²) in [4.78, 5) is 4.91. The van der Waals surface area contributed by atoms with E-state index in [2.05, 4.69) is 48.5 Å². The highest BCUT2D eigenvalue weighted by molar-refractivity contribution is 5.96. The minimum absolute atomic E-state index is 0.233. The van der Waals surface area contributed by atoms with Crippen LogP contribution in [0, 0.1) is 5.82 Å². The van der Waals surface area contributed by atoms with Crippen LogP contribution in [-0.2, 0) is 0 Å². The van der Waals surface area contributed by atoms with Crippen LogP contribution in [-0.4, -0.2) is 4.98 Å². The van der Waals surface area contributed by atoms with Crippen molar-refractivity contribution >= 4 is 10.9 Å². The molecule has 0 saturated carbocycles. The van der Waals surface area contributed by atoms with Crippen LogP contribution in [0.5, 0.6) is 0 Å². The van der Waals surface area contributed by atoms with E-state index in [0.29, 0.717) is 0 Å². The fraction of sp³-hybridized carbons (Fsp3) is 0. The highest BCUT2D eigenvalue weighted by atomic mass is 19.1. The molecule has 0 amide bonds. The van der Waals surface area contributed by atoms with E-state index in [0.717, 1.165) is 38.9 Å². The number of hydrogen-bond donors (Lipinski definition) is 0. The molecule has 29 heavy (non-hydrogen) atoms. The monoisotopic (exact) mass is 375 g/mol. The van der Waals surface area contributed by atoms with Crippen LogP contribution >= 0.6 is 0 Å². The number of para-hydroxylation sites is 1. The Morgan fingerprint density at radius 2 is 1.21 bits per heavy atom. The molecule has 5 rings (SSSR count). The average molecular weight is 375 g/mol. The summed E-state index contributed by atoms with van der Waals surface area (Å²) in [6.45, 7) is 0. The van der Waals surface area contributed by atoms with Gasteiger partial charge >= 0.3 is 0 Å². The Balaban J connectivity index is 1.69. The van der Waals surface area contributed by atoms with Gasteiger partial charge in [0.2, 0.25) is 0 Å². The summed E-state index contributed by atoms with van der Waals surface area (Å²) in [5, 5.41) is 1.06. The second-order valence-corrected chi connectivity index (χ2v) is 7.03. The van der Waals surface area contributed by atoms with Gasteiger partial charge in [-0.1, -0.05) is 78.9 Å². The Kier molecular flexibility index (Phi) is 4.38. The zero-order valence-corrected chi connectivity index (χ0v) is 15.7. The van der Waals surface area contributed by atoms with Gasteiger partial charge in [0.05, 0.1) is 11.2 Å². The van der Waals surface area contributed by atoms with Crippen LogP contribution in [0.15, 0.2) is 109 Å². The third-order valence-electron chi connectivity index (χ3n) is 5.14. The molecule has 1 aromatic heterocycles. The van der Waals surface area contributed by atoms with E-state index in [1.54, 1.807) is 0 Å². The standard InChI is InChI=1S/C27H18FN/c28-23-15-13-20(14-16-23)25-18-27(29-26-12-5-4-11-24(25)26)22-10-6-9-21(17-22)19-7-2-1-3-8-19/h1-18H. The van der Waals surface area contributed by atoms with Crippen LogP contribution in [0.4, 0.5) is 4.39 Å². The Bertz CT molecular complexity index is 1290. The largest absolute Gasteiger partial charge is 0.248 e. The summed E-state index contributed by atoms with van der Waals surface area (Å²) < 4.78 is 13.5. The van der Waals surface area contributed by atoms with Crippen molar-refractivity contribution in [2.24, 2.45) is 0 Å². The Morgan fingerprint density at radius 1 is 0.517 bits per heavy atom. The van der Waals surface area contributed by atoms with Gasteiger partial charge in [-0.15, -0.1) is 0 Å². The molecule has 0 radical (unpaired) electrons. The predicted octanol–water partition coefficient (Wildman–Crippen LogP) is 7.37. The first-order valence-electron chi connectivity index (χ1n) is 9.59. The normalized spacial score (nSPS) is 10.9. The summed E-state index contributed by atoms with van der Waals surface area (Å²) in [5.74, 6) is -0.233. The van der Waals surface area contributed by atoms with Crippen molar-refractivity contribution in [1.82, 2.24) is 4.98 Å². The SMILES string of the molecule is Fc1ccc(-c2cc(-c3cccc(-c4ccccc4)c3)nc3ccccc23)cc1. The van der Waals surface area contributed by atoms with E-state index < -0.39 is 0 Å². The van der Waals surface area contributed by atoms with Crippen LogP contribution in [0.2, 0.25) is 0 Å². The fourth-order valence-corrected chi connectivity index (χ4v) is 3.68. The van der Waals surface area contributed by atoms with Crippen molar-refractivity contribution < 1.29 is 4.39 Å². The summed E-state index contributed by atoms with van der Waals surface area (Å²) >= 11 is 0. The molecule has 0 aliphatic carbocycles. The van der Waals surface area contributed by atoms with E-state index in [1.807, 2.05) is 48.5 Å². The smallest absolute Gasteiger partial charge is 0.123 e. The molecule has 0 fully saturated rings. The molecular weight excluding hydrogens is 357 g/mol. The van der Waals surface area contributed by atoms with Crippen LogP contribution in [0.1, 0.15) is 0 Å². The Hall–Kier alpha value is -3.78. The maximum absolute atomic E-state index is 13.5. The second kappa shape index (κ2) is 7.33. The van der Waals surface area contributed by atoms with Crippen molar-refractivity contribution in [1.29, 1.82) is 0 Å². The maximum atomic E-state index is 13.5. The molecule has 0 bridgehead atoms. The summed E-state index contributed by atoms with van der Waals surface area (Å²) in [6, 6.07) is 35.6. The number of hydrogen-bond acceptors (Lipinski definition) is 1. The van der Waals surface area contributed by atoms with E-state index in [-0.39, 0.29) is 5.82 Å². The molecule has 0 aliphatic rings. The summed E-state index contributed by atoms with van der Waals surface area (Å²) in [6.07, 6.45) is 0. The van der Waals surface area contributed by atoms with Crippen molar-refractivity contribution in [3.8, 4) is 33.5 Å². The number of pyridine rings is 1. The van der Waals surface area contributed by atoms with Crippen LogP contribution < -0.4 is 0 Å². The summed E-state index contributed by atoms with van der Waals surface area (Å²) in [5.41, 5.74) is 7.24. The molecule has 4 aromatic carbocycles. The minimum Gasteiger partial charge on any atom is -0.248 e. The van der Waals surface area contributed by atoms with Gasteiger partial charge in [0.15, 0.2) is 0 Å². The second-order valence-electron chi connectivity index (χ2n) is 7.03. The topological polar surface area (TPSA) is 12.9 Å². The fourth-order valence-electron chi connectivity index (χ4n) is 3.68. The molecule has 5 aromatic rings. The van der Waals surface area contributed by atoms with Crippen LogP contribution in [0.25, 0.3) is 44.4 Å². The van der Waals surface area contributed by atoms with Crippen molar-refractivity contribution in [2.75, 3.05) is 0 Å². The van der Waals surface area contributed by atoms with E-state index in [9.17, 15) is 4.39 Å². The predicted molar refractivity (Wildman–Crippen MR) is 118 cm³/mol. The number of halogens is 1. The molecule has 0 spiro atoms. The van der Waals surface area contributed by atoms with Crippen LogP contribution in [0.3, 0.4) is 0 Å². The Labute approximate surface area is 169 Å². The molecule has 138 valence electrons. The molecule has 0 unspecified atom stereocenters. The number of aromatic nitrogens is 1. The van der Waals surface area contributed by atoms with Crippen molar-refractivity contribution in [2.45, 2.75) is 0 Å². The quantitative estimate of drug-likeness (QED) is 0.321.